The summed E-state index contributed by atoms with van der Waals surface area (Å²) in [7, 11) is 0. The summed E-state index contributed by atoms with van der Waals surface area (Å²) in [6, 6.07) is 7.19. The molecular formula is C15H13N3O4. The quantitative estimate of drug-likeness (QED) is 0.579. The first-order valence-electron chi connectivity index (χ1n) is 6.70. The van der Waals surface area contributed by atoms with Crippen molar-refractivity contribution < 1.29 is 14.7 Å². The maximum atomic E-state index is 12.2. The Bertz CT molecular complexity index is 939. The molecule has 0 saturated carbocycles. The first-order chi connectivity index (χ1) is 10.6. The van der Waals surface area contributed by atoms with E-state index in [-0.39, 0.29) is 18.5 Å². The lowest BCUT2D eigenvalue weighted by Gasteiger charge is -2.04. The summed E-state index contributed by atoms with van der Waals surface area (Å²) in [6.07, 6.45) is 1.30. The molecular weight excluding hydrogens is 286 g/mol. The Morgan fingerprint density at radius 1 is 1.23 bits per heavy atom. The van der Waals surface area contributed by atoms with Crippen LogP contribution >= 0.6 is 0 Å². The second-order valence-electron chi connectivity index (χ2n) is 4.85. The lowest BCUT2D eigenvalue weighted by molar-refractivity contribution is -0.136. The van der Waals surface area contributed by atoms with E-state index >= 15 is 0 Å². The molecule has 0 saturated heterocycles. The van der Waals surface area contributed by atoms with Gasteiger partial charge in [-0.05, 0) is 6.07 Å². The smallest absolute Gasteiger partial charge is 0.305 e. The molecule has 1 aromatic carbocycles. The number of aromatic nitrogens is 2. The van der Waals surface area contributed by atoms with Gasteiger partial charge >= 0.3 is 5.97 Å². The second-order valence-corrected chi connectivity index (χ2v) is 4.85. The van der Waals surface area contributed by atoms with E-state index in [1.807, 2.05) is 12.1 Å². The number of carbonyl (C=O) groups excluding carboxylic acids is 1. The van der Waals surface area contributed by atoms with Gasteiger partial charge in [0, 0.05) is 29.0 Å². The number of pyridine rings is 1. The standard InChI is InChI=1S/C15H13N3O4/c19-11(20)5-6-16-14(21)9-7-17-13-12(9)8-3-1-2-4-10(8)18-15(13)22/h1-4,7,17H,5-6H2,(H,16,21)(H,18,22)(H,19,20). The molecule has 3 aromatic rings. The number of carboxylic acid groups (broad SMARTS) is 1. The molecule has 0 radical (unpaired) electrons. The van der Waals surface area contributed by atoms with Crippen molar-refractivity contribution in [3.63, 3.8) is 0 Å². The number of aliphatic carboxylic acids is 1. The summed E-state index contributed by atoms with van der Waals surface area (Å²) in [5, 5.41) is 12.4. The third kappa shape index (κ3) is 2.32. The van der Waals surface area contributed by atoms with Crippen molar-refractivity contribution in [1.29, 1.82) is 0 Å². The number of hydrogen-bond donors (Lipinski definition) is 4. The van der Waals surface area contributed by atoms with Crippen molar-refractivity contribution in [1.82, 2.24) is 15.3 Å². The zero-order chi connectivity index (χ0) is 15.7. The molecule has 2 aromatic heterocycles. The fourth-order valence-corrected chi connectivity index (χ4v) is 2.43. The molecule has 7 nitrogen and oxygen atoms in total. The minimum atomic E-state index is -0.985. The molecule has 3 rings (SSSR count). The van der Waals surface area contributed by atoms with E-state index in [1.165, 1.54) is 6.20 Å². The lowest BCUT2D eigenvalue weighted by atomic mass is 10.1. The third-order valence-corrected chi connectivity index (χ3v) is 3.42. The number of carbonyl (C=O) groups is 2. The normalized spacial score (nSPS) is 10.9. The number of hydrogen-bond acceptors (Lipinski definition) is 3. The maximum absolute atomic E-state index is 12.2. The molecule has 4 N–H and O–H groups in total. The molecule has 0 spiro atoms. The first-order valence-corrected chi connectivity index (χ1v) is 6.70. The average Bonchev–Trinajstić information content (AvgIpc) is 2.92. The number of aromatic amines is 2. The molecule has 112 valence electrons. The van der Waals surface area contributed by atoms with E-state index in [9.17, 15) is 14.4 Å². The van der Waals surface area contributed by atoms with E-state index in [0.717, 1.165) is 5.39 Å². The molecule has 22 heavy (non-hydrogen) atoms. The summed E-state index contributed by atoms with van der Waals surface area (Å²) in [5.74, 6) is -1.40. The number of benzene rings is 1. The van der Waals surface area contributed by atoms with Gasteiger partial charge in [-0.3, -0.25) is 14.4 Å². The molecule has 0 unspecified atom stereocenters. The van der Waals surface area contributed by atoms with Crippen LogP contribution in [0.5, 0.6) is 0 Å². The van der Waals surface area contributed by atoms with Crippen molar-refractivity contribution in [2.24, 2.45) is 0 Å². The highest BCUT2D eigenvalue weighted by atomic mass is 16.4. The molecule has 0 fully saturated rings. The number of nitrogens with one attached hydrogen (secondary N) is 3. The van der Waals surface area contributed by atoms with Crippen LogP contribution < -0.4 is 10.9 Å². The van der Waals surface area contributed by atoms with Gasteiger partial charge in [0.1, 0.15) is 5.52 Å². The summed E-state index contributed by atoms with van der Waals surface area (Å²) < 4.78 is 0. The summed E-state index contributed by atoms with van der Waals surface area (Å²) in [4.78, 5) is 40.3. The fourth-order valence-electron chi connectivity index (χ4n) is 2.43. The zero-order valence-electron chi connectivity index (χ0n) is 11.5. The number of H-pyrrole nitrogens is 2. The van der Waals surface area contributed by atoms with E-state index in [1.54, 1.807) is 12.1 Å². The van der Waals surface area contributed by atoms with Crippen LogP contribution in [-0.4, -0.2) is 33.5 Å². The number of carboxylic acids is 1. The number of fused-ring (bicyclic) bond motifs is 3. The predicted molar refractivity (Wildman–Crippen MR) is 81.0 cm³/mol. The second kappa shape index (κ2) is 5.36. The third-order valence-electron chi connectivity index (χ3n) is 3.42. The largest absolute Gasteiger partial charge is 0.481 e. The SMILES string of the molecule is O=C(O)CCNC(=O)c1c[nH]c2c(=O)[nH]c3ccccc3c12. The Balaban J connectivity index is 2.09. The molecule has 0 bridgehead atoms. The van der Waals surface area contributed by atoms with Crippen molar-refractivity contribution in [3.8, 4) is 0 Å². The van der Waals surface area contributed by atoms with Crippen LogP contribution in [0.1, 0.15) is 16.8 Å². The van der Waals surface area contributed by atoms with Crippen molar-refractivity contribution in [3.05, 3.63) is 46.4 Å². The van der Waals surface area contributed by atoms with Crippen molar-refractivity contribution >= 4 is 33.7 Å². The topological polar surface area (TPSA) is 115 Å². The Hall–Kier alpha value is -3.09. The van der Waals surface area contributed by atoms with Crippen LogP contribution in [0.3, 0.4) is 0 Å². The monoisotopic (exact) mass is 299 g/mol. The summed E-state index contributed by atoms with van der Waals surface area (Å²) in [5.41, 5.74) is 0.974. The van der Waals surface area contributed by atoms with Gasteiger partial charge in [-0.25, -0.2) is 0 Å². The minimum absolute atomic E-state index is 0.0297. The van der Waals surface area contributed by atoms with Crippen LogP contribution in [-0.2, 0) is 4.79 Å². The van der Waals surface area contributed by atoms with Gasteiger partial charge in [0.25, 0.3) is 11.5 Å². The fraction of sp³-hybridized carbons (Fsp3) is 0.133. The Kier molecular flexibility index (Phi) is 3.38. The minimum Gasteiger partial charge on any atom is -0.481 e. The molecule has 0 aliphatic heterocycles. The van der Waals surface area contributed by atoms with Crippen LogP contribution in [0, 0.1) is 0 Å². The van der Waals surface area contributed by atoms with Crippen molar-refractivity contribution in [2.75, 3.05) is 6.54 Å². The molecule has 0 atom stereocenters. The molecule has 0 aliphatic rings. The average molecular weight is 299 g/mol. The van der Waals surface area contributed by atoms with Gasteiger partial charge in [0.2, 0.25) is 0 Å². The zero-order valence-corrected chi connectivity index (χ0v) is 11.5. The van der Waals surface area contributed by atoms with Crippen LogP contribution in [0.15, 0.2) is 35.3 Å². The molecule has 2 heterocycles. The highest BCUT2D eigenvalue weighted by Gasteiger charge is 2.16. The Morgan fingerprint density at radius 2 is 2.00 bits per heavy atom. The van der Waals surface area contributed by atoms with Crippen molar-refractivity contribution in [2.45, 2.75) is 6.42 Å². The van der Waals surface area contributed by atoms with E-state index in [0.29, 0.717) is 22.0 Å². The highest BCUT2D eigenvalue weighted by Crippen LogP contribution is 2.24. The van der Waals surface area contributed by atoms with Gasteiger partial charge in [-0.15, -0.1) is 0 Å². The van der Waals surface area contributed by atoms with Gasteiger partial charge < -0.3 is 20.4 Å². The molecule has 0 aliphatic carbocycles. The number of para-hydroxylation sites is 1. The summed E-state index contributed by atoms with van der Waals surface area (Å²) in [6.45, 7) is 0.0297. The van der Waals surface area contributed by atoms with Crippen LogP contribution in [0.2, 0.25) is 0 Å². The van der Waals surface area contributed by atoms with Gasteiger partial charge in [-0.2, -0.15) is 0 Å². The molecule has 7 heteroatoms. The predicted octanol–water partition coefficient (Wildman–Crippen LogP) is 1.21. The van der Waals surface area contributed by atoms with Gasteiger partial charge in [0.15, 0.2) is 0 Å². The number of rotatable bonds is 4. The van der Waals surface area contributed by atoms with E-state index in [2.05, 4.69) is 15.3 Å². The maximum Gasteiger partial charge on any atom is 0.305 e. The van der Waals surface area contributed by atoms with E-state index in [4.69, 9.17) is 5.11 Å². The molecule has 1 amide bonds. The summed E-state index contributed by atoms with van der Waals surface area (Å²) >= 11 is 0. The van der Waals surface area contributed by atoms with Crippen LogP contribution in [0.25, 0.3) is 21.8 Å². The Morgan fingerprint density at radius 3 is 2.77 bits per heavy atom. The highest BCUT2D eigenvalue weighted by molar-refractivity contribution is 6.16. The first kappa shape index (κ1) is 13.9. The van der Waals surface area contributed by atoms with Gasteiger partial charge in [0.05, 0.1) is 12.0 Å². The van der Waals surface area contributed by atoms with E-state index < -0.39 is 11.9 Å². The number of amides is 1. The lowest BCUT2D eigenvalue weighted by Crippen LogP contribution is -2.25. The van der Waals surface area contributed by atoms with Gasteiger partial charge in [-0.1, -0.05) is 18.2 Å². The Labute approximate surface area is 124 Å². The van der Waals surface area contributed by atoms with Crippen LogP contribution in [0.4, 0.5) is 0 Å².